The Morgan fingerprint density at radius 1 is 1.00 bits per heavy atom. The Labute approximate surface area is 137 Å². The first-order valence-electron chi connectivity index (χ1n) is 7.35. The molecule has 0 amide bonds. The molecule has 0 fully saturated rings. The molecule has 0 atom stereocenters. The average molecular weight is 328 g/mol. The lowest BCUT2D eigenvalue weighted by atomic mass is 10.1. The first-order valence-corrected chi connectivity index (χ1v) is 7.35. The van der Waals surface area contributed by atoms with Crippen molar-refractivity contribution in [1.82, 2.24) is 0 Å². The van der Waals surface area contributed by atoms with Crippen molar-refractivity contribution < 1.29 is 24.5 Å². The third-order valence-electron chi connectivity index (χ3n) is 3.40. The van der Waals surface area contributed by atoms with E-state index in [0.29, 0.717) is 5.56 Å². The summed E-state index contributed by atoms with van der Waals surface area (Å²) in [5.41, 5.74) is 0.245. The molecule has 0 aliphatic carbocycles. The number of fused-ring (bicyclic) bond motifs is 1. The Morgan fingerprint density at radius 2 is 1.75 bits per heavy atom. The Hall–Kier alpha value is -3.15. The van der Waals surface area contributed by atoms with Crippen molar-refractivity contribution in [3.05, 3.63) is 46.6 Å². The van der Waals surface area contributed by atoms with Crippen LogP contribution < -0.4 is 10.2 Å². The highest BCUT2D eigenvalue weighted by molar-refractivity contribution is 5.86. The summed E-state index contributed by atoms with van der Waals surface area (Å²) >= 11 is 0. The number of phenols is 3. The number of benzene rings is 2. The number of hydrogen-bond acceptors (Lipinski definition) is 6. The molecule has 1 aromatic heterocycles. The third-order valence-corrected chi connectivity index (χ3v) is 3.40. The van der Waals surface area contributed by atoms with Gasteiger partial charge in [-0.2, -0.15) is 0 Å². The minimum Gasteiger partial charge on any atom is -0.508 e. The normalized spacial score (nSPS) is 11.1. The van der Waals surface area contributed by atoms with E-state index >= 15 is 0 Å². The summed E-state index contributed by atoms with van der Waals surface area (Å²) < 4.78 is 11.3. The third kappa shape index (κ3) is 2.86. The Morgan fingerprint density at radius 3 is 2.42 bits per heavy atom. The van der Waals surface area contributed by atoms with Gasteiger partial charge >= 0.3 is 0 Å². The van der Waals surface area contributed by atoms with Crippen molar-refractivity contribution in [2.24, 2.45) is 0 Å². The second-order valence-electron chi connectivity index (χ2n) is 5.66. The molecule has 2 aromatic carbocycles. The van der Waals surface area contributed by atoms with Crippen LogP contribution >= 0.6 is 0 Å². The molecule has 124 valence electrons. The van der Waals surface area contributed by atoms with E-state index < -0.39 is 0 Å². The van der Waals surface area contributed by atoms with E-state index in [1.54, 1.807) is 0 Å². The molecule has 0 unspecified atom stereocenters. The molecule has 0 radical (unpaired) electrons. The van der Waals surface area contributed by atoms with Crippen LogP contribution in [-0.4, -0.2) is 21.4 Å². The minimum absolute atomic E-state index is 0.0907. The molecule has 0 aliphatic rings. The van der Waals surface area contributed by atoms with Gasteiger partial charge < -0.3 is 24.5 Å². The molecule has 0 aliphatic heterocycles. The van der Waals surface area contributed by atoms with E-state index in [1.807, 2.05) is 13.8 Å². The molecular formula is C18H16O6. The number of hydrogen-bond donors (Lipinski definition) is 3. The molecular weight excluding hydrogens is 312 g/mol. The van der Waals surface area contributed by atoms with E-state index in [4.69, 9.17) is 9.15 Å². The molecule has 0 saturated heterocycles. The molecule has 3 rings (SSSR count). The number of rotatable bonds is 3. The molecule has 3 N–H and O–H groups in total. The van der Waals surface area contributed by atoms with Crippen LogP contribution in [0.3, 0.4) is 0 Å². The summed E-state index contributed by atoms with van der Waals surface area (Å²) in [5, 5.41) is 29.1. The first kappa shape index (κ1) is 15.7. The van der Waals surface area contributed by atoms with Crippen LogP contribution in [0.2, 0.25) is 0 Å². The van der Waals surface area contributed by atoms with Gasteiger partial charge in [0.2, 0.25) is 0 Å². The maximum Gasteiger partial charge on any atom is 0.197 e. The van der Waals surface area contributed by atoms with Crippen LogP contribution in [0, 0.1) is 0 Å². The standard InChI is InChI=1S/C18H16O6/c1-9(2)23-16-6-11(19)7-17-18(16)14(22)8-15(24-17)10-3-4-12(20)13(21)5-10/h3-9,19-21H,1-2H3. The van der Waals surface area contributed by atoms with Crippen molar-refractivity contribution in [3.63, 3.8) is 0 Å². The van der Waals surface area contributed by atoms with Crippen LogP contribution in [0.1, 0.15) is 13.8 Å². The highest BCUT2D eigenvalue weighted by atomic mass is 16.5. The van der Waals surface area contributed by atoms with E-state index in [1.165, 1.54) is 36.4 Å². The quantitative estimate of drug-likeness (QED) is 0.637. The Bertz CT molecular complexity index is 971. The van der Waals surface area contributed by atoms with Gasteiger partial charge in [0.25, 0.3) is 0 Å². The number of aromatic hydroxyl groups is 3. The van der Waals surface area contributed by atoms with E-state index in [9.17, 15) is 20.1 Å². The molecule has 6 nitrogen and oxygen atoms in total. The van der Waals surface area contributed by atoms with E-state index in [2.05, 4.69) is 0 Å². The highest BCUT2D eigenvalue weighted by Gasteiger charge is 2.15. The van der Waals surface area contributed by atoms with Crippen LogP contribution in [0.4, 0.5) is 0 Å². The van der Waals surface area contributed by atoms with Crippen LogP contribution in [-0.2, 0) is 0 Å². The van der Waals surface area contributed by atoms with Crippen LogP contribution in [0.5, 0.6) is 23.0 Å². The summed E-state index contributed by atoms with van der Waals surface area (Å²) in [4.78, 5) is 12.5. The first-order chi connectivity index (χ1) is 11.3. The fourth-order valence-electron chi connectivity index (χ4n) is 2.40. The van der Waals surface area contributed by atoms with Crippen LogP contribution in [0.15, 0.2) is 45.6 Å². The zero-order chi connectivity index (χ0) is 17.4. The lowest BCUT2D eigenvalue weighted by Gasteiger charge is -2.13. The van der Waals surface area contributed by atoms with Crippen molar-refractivity contribution in [2.45, 2.75) is 20.0 Å². The van der Waals surface area contributed by atoms with Gasteiger partial charge in [0, 0.05) is 23.8 Å². The van der Waals surface area contributed by atoms with Crippen LogP contribution in [0.25, 0.3) is 22.3 Å². The molecule has 0 spiro atoms. The largest absolute Gasteiger partial charge is 0.508 e. The summed E-state index contributed by atoms with van der Waals surface area (Å²) in [7, 11) is 0. The van der Waals surface area contributed by atoms with Gasteiger partial charge in [-0.05, 0) is 32.0 Å². The fraction of sp³-hybridized carbons (Fsp3) is 0.167. The predicted octanol–water partition coefficient (Wildman–Crippen LogP) is 3.36. The number of phenolic OH excluding ortho intramolecular Hbond substituents is 3. The molecule has 0 saturated carbocycles. The molecule has 1 heterocycles. The van der Waals surface area contributed by atoms with Gasteiger partial charge in [-0.3, -0.25) is 4.79 Å². The number of ether oxygens (including phenoxy) is 1. The Balaban J connectivity index is 2.23. The maximum absolute atomic E-state index is 12.5. The summed E-state index contributed by atoms with van der Waals surface area (Å²) in [5.74, 6) is -0.244. The van der Waals surface area contributed by atoms with E-state index in [0.717, 1.165) is 0 Å². The SMILES string of the molecule is CC(C)Oc1cc(O)cc2oc(-c3ccc(O)c(O)c3)cc(=O)c12. The fourth-order valence-corrected chi connectivity index (χ4v) is 2.40. The smallest absolute Gasteiger partial charge is 0.197 e. The topological polar surface area (TPSA) is 100 Å². The van der Waals surface area contributed by atoms with Crippen molar-refractivity contribution >= 4 is 11.0 Å². The van der Waals surface area contributed by atoms with Gasteiger partial charge in [-0.1, -0.05) is 0 Å². The zero-order valence-electron chi connectivity index (χ0n) is 13.1. The maximum atomic E-state index is 12.5. The lowest BCUT2D eigenvalue weighted by Crippen LogP contribution is -2.09. The second-order valence-corrected chi connectivity index (χ2v) is 5.66. The monoisotopic (exact) mass is 328 g/mol. The van der Waals surface area contributed by atoms with Crippen molar-refractivity contribution in [2.75, 3.05) is 0 Å². The van der Waals surface area contributed by atoms with Gasteiger partial charge in [0.1, 0.15) is 28.2 Å². The summed E-state index contributed by atoms with van der Waals surface area (Å²) in [6, 6.07) is 8.06. The molecule has 6 heteroatoms. The predicted molar refractivity (Wildman–Crippen MR) is 88.7 cm³/mol. The zero-order valence-corrected chi connectivity index (χ0v) is 13.1. The van der Waals surface area contributed by atoms with E-state index in [-0.39, 0.29) is 51.3 Å². The van der Waals surface area contributed by atoms with Crippen molar-refractivity contribution in [3.8, 4) is 34.3 Å². The van der Waals surface area contributed by atoms with Gasteiger partial charge in [-0.25, -0.2) is 0 Å². The van der Waals surface area contributed by atoms with Gasteiger partial charge in [-0.15, -0.1) is 0 Å². The molecule has 24 heavy (non-hydrogen) atoms. The average Bonchev–Trinajstić information content (AvgIpc) is 2.48. The molecule has 3 aromatic rings. The molecule has 0 bridgehead atoms. The van der Waals surface area contributed by atoms with Gasteiger partial charge in [0.15, 0.2) is 16.9 Å². The minimum atomic E-state index is -0.338. The van der Waals surface area contributed by atoms with Gasteiger partial charge in [0.05, 0.1) is 6.10 Å². The Kier molecular flexibility index (Phi) is 3.81. The lowest BCUT2D eigenvalue weighted by molar-refractivity contribution is 0.244. The van der Waals surface area contributed by atoms with Crippen molar-refractivity contribution in [1.29, 1.82) is 0 Å². The summed E-state index contributed by atoms with van der Waals surface area (Å²) in [6.07, 6.45) is -0.178. The highest BCUT2D eigenvalue weighted by Crippen LogP contribution is 2.34. The second kappa shape index (κ2) is 5.81. The summed E-state index contributed by atoms with van der Waals surface area (Å²) in [6.45, 7) is 3.62.